The standard InChI is InChI=1S/C13H13N5OS2/c1-18-8-15-4-11(18)12(9-2-3-20-6-9)17-19-5-10-7-21-13(14)16-10/h2-4,6-8H,5H2,1H3,(H2,14,16)/b17-12-. The van der Waals surface area contributed by atoms with Gasteiger partial charge in [-0.25, -0.2) is 9.97 Å². The number of aryl methyl sites for hydroxylation is 1. The van der Waals surface area contributed by atoms with Crippen molar-refractivity contribution in [3.05, 3.63) is 51.7 Å². The summed E-state index contributed by atoms with van der Waals surface area (Å²) in [6.07, 6.45) is 3.50. The number of anilines is 1. The average Bonchev–Trinajstić information content (AvgIpc) is 3.18. The minimum Gasteiger partial charge on any atom is -0.389 e. The maximum absolute atomic E-state index is 5.59. The highest BCUT2D eigenvalue weighted by Crippen LogP contribution is 2.15. The van der Waals surface area contributed by atoms with E-state index in [-0.39, 0.29) is 0 Å². The Balaban J connectivity index is 1.82. The summed E-state index contributed by atoms with van der Waals surface area (Å²) in [6, 6.07) is 2.00. The highest BCUT2D eigenvalue weighted by molar-refractivity contribution is 7.13. The van der Waals surface area contributed by atoms with Crippen LogP contribution in [-0.4, -0.2) is 20.2 Å². The first-order chi connectivity index (χ1) is 10.2. The summed E-state index contributed by atoms with van der Waals surface area (Å²) in [6.45, 7) is 0.291. The third-order valence-electron chi connectivity index (χ3n) is 2.79. The lowest BCUT2D eigenvalue weighted by atomic mass is 10.1. The monoisotopic (exact) mass is 319 g/mol. The molecular weight excluding hydrogens is 306 g/mol. The second-order valence-corrected chi connectivity index (χ2v) is 5.96. The molecule has 0 saturated carbocycles. The van der Waals surface area contributed by atoms with Gasteiger partial charge in [0.25, 0.3) is 0 Å². The van der Waals surface area contributed by atoms with Gasteiger partial charge in [-0.2, -0.15) is 11.3 Å². The van der Waals surface area contributed by atoms with Gasteiger partial charge in [-0.1, -0.05) is 5.16 Å². The van der Waals surface area contributed by atoms with Crippen molar-refractivity contribution in [2.75, 3.05) is 5.73 Å². The minimum absolute atomic E-state index is 0.291. The Labute approximate surface area is 129 Å². The van der Waals surface area contributed by atoms with E-state index in [2.05, 4.69) is 15.1 Å². The molecule has 108 valence electrons. The molecule has 3 aromatic heterocycles. The van der Waals surface area contributed by atoms with E-state index in [1.54, 1.807) is 23.9 Å². The fourth-order valence-corrected chi connectivity index (χ4v) is 2.97. The summed E-state index contributed by atoms with van der Waals surface area (Å²) in [5.41, 5.74) is 9.01. The van der Waals surface area contributed by atoms with E-state index in [4.69, 9.17) is 10.6 Å². The fraction of sp³-hybridized carbons (Fsp3) is 0.154. The smallest absolute Gasteiger partial charge is 0.180 e. The lowest BCUT2D eigenvalue weighted by molar-refractivity contribution is 0.128. The first kappa shape index (κ1) is 13.8. The highest BCUT2D eigenvalue weighted by atomic mass is 32.1. The highest BCUT2D eigenvalue weighted by Gasteiger charge is 2.12. The molecule has 0 aromatic carbocycles. The largest absolute Gasteiger partial charge is 0.389 e. The molecule has 0 atom stereocenters. The number of hydrogen-bond acceptors (Lipinski definition) is 7. The number of aromatic nitrogens is 3. The van der Waals surface area contributed by atoms with Crippen LogP contribution in [0.5, 0.6) is 0 Å². The molecular formula is C13H13N5OS2. The van der Waals surface area contributed by atoms with Gasteiger partial charge in [-0.15, -0.1) is 11.3 Å². The van der Waals surface area contributed by atoms with Crippen LogP contribution in [0.3, 0.4) is 0 Å². The van der Waals surface area contributed by atoms with E-state index in [0.29, 0.717) is 11.7 Å². The number of imidazole rings is 1. The summed E-state index contributed by atoms with van der Waals surface area (Å²) in [5, 5.41) is 10.7. The van der Waals surface area contributed by atoms with Crippen molar-refractivity contribution in [2.24, 2.45) is 12.2 Å². The minimum atomic E-state index is 0.291. The molecule has 3 aromatic rings. The number of nitrogen functional groups attached to an aromatic ring is 1. The fourth-order valence-electron chi connectivity index (χ4n) is 1.78. The van der Waals surface area contributed by atoms with Gasteiger partial charge < -0.3 is 15.1 Å². The molecule has 0 saturated heterocycles. The molecule has 0 aliphatic rings. The zero-order valence-corrected chi connectivity index (χ0v) is 12.9. The second-order valence-electron chi connectivity index (χ2n) is 4.29. The van der Waals surface area contributed by atoms with Crippen LogP contribution in [0, 0.1) is 0 Å². The van der Waals surface area contributed by atoms with E-state index < -0.39 is 0 Å². The van der Waals surface area contributed by atoms with Gasteiger partial charge in [0.2, 0.25) is 0 Å². The zero-order valence-electron chi connectivity index (χ0n) is 11.3. The van der Waals surface area contributed by atoms with Crippen LogP contribution in [0.4, 0.5) is 5.13 Å². The summed E-state index contributed by atoms with van der Waals surface area (Å²) in [7, 11) is 1.92. The van der Waals surface area contributed by atoms with Gasteiger partial charge in [-0.3, -0.25) is 0 Å². The predicted molar refractivity (Wildman–Crippen MR) is 84.5 cm³/mol. The van der Waals surface area contributed by atoms with Crippen molar-refractivity contribution in [1.29, 1.82) is 0 Å². The normalized spacial score (nSPS) is 11.8. The van der Waals surface area contributed by atoms with Gasteiger partial charge in [0.1, 0.15) is 5.71 Å². The number of rotatable bonds is 5. The maximum atomic E-state index is 5.59. The Morgan fingerprint density at radius 2 is 2.38 bits per heavy atom. The summed E-state index contributed by atoms with van der Waals surface area (Å²) in [4.78, 5) is 13.7. The summed E-state index contributed by atoms with van der Waals surface area (Å²) in [5.74, 6) is 0. The third kappa shape index (κ3) is 3.11. The molecule has 0 bridgehead atoms. The number of thiazole rings is 1. The SMILES string of the molecule is Cn1cncc1/C(=N\OCc1csc(N)n1)c1ccsc1. The molecule has 0 unspecified atom stereocenters. The number of hydrogen-bond donors (Lipinski definition) is 1. The number of thiophene rings is 1. The van der Waals surface area contributed by atoms with E-state index in [1.165, 1.54) is 11.3 Å². The number of nitrogens with zero attached hydrogens (tertiary/aromatic N) is 4. The van der Waals surface area contributed by atoms with Crippen molar-refractivity contribution >= 4 is 33.5 Å². The first-order valence-corrected chi connectivity index (χ1v) is 7.95. The van der Waals surface area contributed by atoms with Crippen molar-refractivity contribution < 1.29 is 4.84 Å². The van der Waals surface area contributed by atoms with Crippen LogP contribution < -0.4 is 5.73 Å². The molecule has 2 N–H and O–H groups in total. The average molecular weight is 319 g/mol. The molecule has 8 heteroatoms. The van der Waals surface area contributed by atoms with Gasteiger partial charge in [0.05, 0.1) is 23.9 Å². The van der Waals surface area contributed by atoms with E-state index >= 15 is 0 Å². The lowest BCUT2D eigenvalue weighted by Crippen LogP contribution is -2.08. The van der Waals surface area contributed by atoms with Crippen LogP contribution in [0.1, 0.15) is 17.0 Å². The Morgan fingerprint density at radius 3 is 3.00 bits per heavy atom. The van der Waals surface area contributed by atoms with Gasteiger partial charge in [0, 0.05) is 23.4 Å². The molecule has 0 aliphatic heterocycles. The van der Waals surface area contributed by atoms with Crippen LogP contribution in [-0.2, 0) is 18.5 Å². The maximum Gasteiger partial charge on any atom is 0.180 e. The summed E-state index contributed by atoms with van der Waals surface area (Å²) < 4.78 is 1.90. The molecule has 6 nitrogen and oxygen atoms in total. The Kier molecular flexibility index (Phi) is 3.98. The second kappa shape index (κ2) is 6.06. The Hall–Kier alpha value is -2.19. The van der Waals surface area contributed by atoms with Crippen molar-refractivity contribution in [2.45, 2.75) is 6.61 Å². The molecule has 0 radical (unpaired) electrons. The molecule has 0 aliphatic carbocycles. The van der Waals surface area contributed by atoms with E-state index in [0.717, 1.165) is 22.7 Å². The lowest BCUT2D eigenvalue weighted by Gasteiger charge is -2.05. The molecule has 21 heavy (non-hydrogen) atoms. The third-order valence-corrected chi connectivity index (χ3v) is 4.20. The molecule has 0 fully saturated rings. The summed E-state index contributed by atoms with van der Waals surface area (Å²) >= 11 is 3.00. The molecule has 3 heterocycles. The van der Waals surface area contributed by atoms with Crippen LogP contribution >= 0.6 is 22.7 Å². The Morgan fingerprint density at radius 1 is 1.48 bits per heavy atom. The quantitative estimate of drug-likeness (QED) is 0.579. The van der Waals surface area contributed by atoms with Crippen LogP contribution in [0.15, 0.2) is 39.9 Å². The molecule has 0 spiro atoms. The Bertz CT molecular complexity index is 744. The van der Waals surface area contributed by atoms with Crippen molar-refractivity contribution in [3.8, 4) is 0 Å². The first-order valence-electron chi connectivity index (χ1n) is 6.13. The van der Waals surface area contributed by atoms with Crippen LogP contribution in [0.25, 0.3) is 0 Å². The topological polar surface area (TPSA) is 78.3 Å². The molecule has 3 rings (SSSR count). The molecule has 0 amide bonds. The van der Waals surface area contributed by atoms with Crippen molar-refractivity contribution in [1.82, 2.24) is 14.5 Å². The number of nitrogens with two attached hydrogens (primary N) is 1. The van der Waals surface area contributed by atoms with Gasteiger partial charge >= 0.3 is 0 Å². The van der Waals surface area contributed by atoms with Gasteiger partial charge in [0.15, 0.2) is 11.7 Å². The van der Waals surface area contributed by atoms with Crippen molar-refractivity contribution in [3.63, 3.8) is 0 Å². The van der Waals surface area contributed by atoms with Crippen LogP contribution in [0.2, 0.25) is 0 Å². The van der Waals surface area contributed by atoms with E-state index in [1.807, 2.05) is 33.8 Å². The number of oxime groups is 1. The van der Waals surface area contributed by atoms with Gasteiger partial charge in [-0.05, 0) is 11.4 Å². The van der Waals surface area contributed by atoms with E-state index in [9.17, 15) is 0 Å². The predicted octanol–water partition coefficient (Wildman–Crippen LogP) is 2.49. The zero-order chi connectivity index (χ0) is 14.7.